The SMILES string of the molecule is CN=C(NCCNC(=O)c1ccc(C)c(F)c1)N(C)CCc1cccs1. The van der Waals surface area contributed by atoms with E-state index in [4.69, 9.17) is 0 Å². The summed E-state index contributed by atoms with van der Waals surface area (Å²) in [5, 5.41) is 8.07. The van der Waals surface area contributed by atoms with E-state index in [0.717, 1.165) is 18.9 Å². The number of nitrogens with zero attached hydrogens (tertiary/aromatic N) is 2. The van der Waals surface area contributed by atoms with Crippen molar-refractivity contribution in [1.29, 1.82) is 0 Å². The van der Waals surface area contributed by atoms with Crippen molar-refractivity contribution in [2.24, 2.45) is 4.99 Å². The molecule has 2 rings (SSSR count). The molecule has 2 N–H and O–H groups in total. The van der Waals surface area contributed by atoms with Gasteiger partial charge in [-0.05, 0) is 42.5 Å². The largest absolute Gasteiger partial charge is 0.354 e. The Labute approximate surface area is 157 Å². The van der Waals surface area contributed by atoms with Crippen LogP contribution in [0.15, 0.2) is 40.7 Å². The number of likely N-dealkylation sites (N-methyl/N-ethyl adjacent to an activating group) is 1. The van der Waals surface area contributed by atoms with Crippen LogP contribution in [0.4, 0.5) is 4.39 Å². The van der Waals surface area contributed by atoms with Gasteiger partial charge in [0.25, 0.3) is 5.91 Å². The zero-order valence-corrected chi connectivity index (χ0v) is 16.2. The Kier molecular flexibility index (Phi) is 7.59. The summed E-state index contributed by atoms with van der Waals surface area (Å²) >= 11 is 1.75. The topological polar surface area (TPSA) is 56.7 Å². The lowest BCUT2D eigenvalue weighted by Crippen LogP contribution is -2.43. The Hall–Kier alpha value is -2.41. The fraction of sp³-hybridized carbons (Fsp3) is 0.368. The molecular formula is C19H25FN4OS. The molecule has 1 heterocycles. The van der Waals surface area contributed by atoms with Crippen molar-refractivity contribution in [3.8, 4) is 0 Å². The minimum atomic E-state index is -0.372. The van der Waals surface area contributed by atoms with Crippen LogP contribution in [-0.4, -0.2) is 50.5 Å². The third kappa shape index (κ3) is 5.84. The summed E-state index contributed by atoms with van der Waals surface area (Å²) < 4.78 is 13.5. The first-order valence-corrected chi connectivity index (χ1v) is 9.37. The third-order valence-corrected chi connectivity index (χ3v) is 4.91. The standard InChI is InChI=1S/C19H25FN4OS/c1-14-6-7-15(13-17(14)20)18(25)22-9-10-23-19(21-2)24(3)11-8-16-5-4-12-26-16/h4-7,12-13H,8-11H2,1-3H3,(H,21,23)(H,22,25). The number of hydrogen-bond acceptors (Lipinski definition) is 3. The van der Waals surface area contributed by atoms with Crippen molar-refractivity contribution in [1.82, 2.24) is 15.5 Å². The van der Waals surface area contributed by atoms with Crippen molar-refractivity contribution in [2.75, 3.05) is 33.7 Å². The minimum absolute atomic E-state index is 0.285. The maximum Gasteiger partial charge on any atom is 0.251 e. The molecule has 1 aromatic heterocycles. The molecule has 1 amide bonds. The van der Waals surface area contributed by atoms with Crippen molar-refractivity contribution < 1.29 is 9.18 Å². The summed E-state index contributed by atoms with van der Waals surface area (Å²) in [7, 11) is 3.72. The van der Waals surface area contributed by atoms with Crippen molar-refractivity contribution >= 4 is 23.2 Å². The van der Waals surface area contributed by atoms with E-state index >= 15 is 0 Å². The van der Waals surface area contributed by atoms with Gasteiger partial charge in [0, 0.05) is 44.2 Å². The van der Waals surface area contributed by atoms with Gasteiger partial charge in [0.2, 0.25) is 0 Å². The van der Waals surface area contributed by atoms with E-state index in [1.165, 1.54) is 10.9 Å². The van der Waals surface area contributed by atoms with Crippen LogP contribution < -0.4 is 10.6 Å². The summed E-state index contributed by atoms with van der Waals surface area (Å²) in [5.41, 5.74) is 0.850. The third-order valence-electron chi connectivity index (χ3n) is 3.97. The highest BCUT2D eigenvalue weighted by Crippen LogP contribution is 2.10. The fourth-order valence-corrected chi connectivity index (χ4v) is 3.11. The van der Waals surface area contributed by atoms with Gasteiger partial charge in [-0.15, -0.1) is 11.3 Å². The van der Waals surface area contributed by atoms with Crippen LogP contribution in [0.3, 0.4) is 0 Å². The molecule has 0 bridgehead atoms. The molecule has 0 aliphatic heterocycles. The quantitative estimate of drug-likeness (QED) is 0.444. The van der Waals surface area contributed by atoms with Gasteiger partial charge in [0.05, 0.1) is 0 Å². The first kappa shape index (κ1) is 19.9. The maximum absolute atomic E-state index is 13.5. The summed E-state index contributed by atoms with van der Waals surface area (Å²) in [6.07, 6.45) is 0.963. The second-order valence-electron chi connectivity index (χ2n) is 5.94. The van der Waals surface area contributed by atoms with E-state index in [2.05, 4.69) is 38.0 Å². The van der Waals surface area contributed by atoms with Gasteiger partial charge in [0.15, 0.2) is 5.96 Å². The lowest BCUT2D eigenvalue weighted by Gasteiger charge is -2.22. The number of carbonyl (C=O) groups excluding carboxylic acids is 1. The number of nitrogens with one attached hydrogen (secondary N) is 2. The predicted octanol–water partition coefficient (Wildman–Crippen LogP) is 2.68. The molecule has 0 unspecified atom stereocenters. The molecule has 0 aliphatic carbocycles. The van der Waals surface area contributed by atoms with Crippen LogP contribution in [-0.2, 0) is 6.42 Å². The maximum atomic E-state index is 13.5. The number of hydrogen-bond donors (Lipinski definition) is 2. The highest BCUT2D eigenvalue weighted by Gasteiger charge is 2.09. The molecule has 0 fully saturated rings. The van der Waals surface area contributed by atoms with E-state index in [1.54, 1.807) is 37.4 Å². The number of rotatable bonds is 7. The molecule has 0 atom stereocenters. The number of halogens is 1. The lowest BCUT2D eigenvalue weighted by atomic mass is 10.1. The Morgan fingerprint density at radius 3 is 2.69 bits per heavy atom. The van der Waals surface area contributed by atoms with Crippen LogP contribution in [0, 0.1) is 12.7 Å². The lowest BCUT2D eigenvalue weighted by molar-refractivity contribution is 0.0954. The molecule has 5 nitrogen and oxygen atoms in total. The number of aryl methyl sites for hydroxylation is 1. The summed E-state index contributed by atoms with van der Waals surface area (Å²) in [6, 6.07) is 8.66. The number of guanidine groups is 1. The number of aliphatic imine (C=N–C) groups is 1. The van der Waals surface area contributed by atoms with E-state index in [9.17, 15) is 9.18 Å². The highest BCUT2D eigenvalue weighted by molar-refractivity contribution is 7.09. The van der Waals surface area contributed by atoms with Crippen LogP contribution in [0.25, 0.3) is 0 Å². The van der Waals surface area contributed by atoms with Gasteiger partial charge >= 0.3 is 0 Å². The molecule has 0 aliphatic rings. The van der Waals surface area contributed by atoms with Gasteiger partial charge in [-0.1, -0.05) is 12.1 Å². The Morgan fingerprint density at radius 2 is 2.04 bits per heavy atom. The number of amides is 1. The normalized spacial score (nSPS) is 11.3. The van der Waals surface area contributed by atoms with Gasteiger partial charge in [-0.2, -0.15) is 0 Å². The molecular weight excluding hydrogens is 351 g/mol. The van der Waals surface area contributed by atoms with Crippen LogP contribution in [0.2, 0.25) is 0 Å². The van der Waals surface area contributed by atoms with Gasteiger partial charge in [-0.25, -0.2) is 4.39 Å². The van der Waals surface area contributed by atoms with E-state index in [-0.39, 0.29) is 11.7 Å². The second kappa shape index (κ2) is 9.91. The van der Waals surface area contributed by atoms with Crippen LogP contribution >= 0.6 is 11.3 Å². The Bertz CT molecular complexity index is 746. The zero-order chi connectivity index (χ0) is 18.9. The molecule has 1 aromatic carbocycles. The smallest absolute Gasteiger partial charge is 0.251 e. The first-order valence-electron chi connectivity index (χ1n) is 8.49. The van der Waals surface area contributed by atoms with Gasteiger partial charge in [-0.3, -0.25) is 9.79 Å². The number of thiophene rings is 1. The Morgan fingerprint density at radius 1 is 1.27 bits per heavy atom. The molecule has 2 aromatic rings. The molecule has 140 valence electrons. The Balaban J connectivity index is 1.72. The minimum Gasteiger partial charge on any atom is -0.354 e. The van der Waals surface area contributed by atoms with Gasteiger partial charge in [0.1, 0.15) is 5.82 Å². The average molecular weight is 377 g/mol. The monoisotopic (exact) mass is 376 g/mol. The van der Waals surface area contributed by atoms with Crippen molar-refractivity contribution in [2.45, 2.75) is 13.3 Å². The molecule has 0 saturated carbocycles. The highest BCUT2D eigenvalue weighted by atomic mass is 32.1. The summed E-state index contributed by atoms with van der Waals surface area (Å²) in [5.74, 6) is 0.118. The predicted molar refractivity (Wildman–Crippen MR) is 105 cm³/mol. The van der Waals surface area contributed by atoms with E-state index < -0.39 is 0 Å². The van der Waals surface area contributed by atoms with Crippen LogP contribution in [0.5, 0.6) is 0 Å². The van der Waals surface area contributed by atoms with Crippen LogP contribution in [0.1, 0.15) is 20.8 Å². The van der Waals surface area contributed by atoms with Gasteiger partial charge < -0.3 is 15.5 Å². The molecule has 7 heteroatoms. The van der Waals surface area contributed by atoms with E-state index in [1.807, 2.05) is 7.05 Å². The molecule has 0 spiro atoms. The van der Waals surface area contributed by atoms with E-state index in [0.29, 0.717) is 24.2 Å². The summed E-state index contributed by atoms with van der Waals surface area (Å²) in [4.78, 5) is 19.7. The molecule has 0 saturated heterocycles. The fourth-order valence-electron chi connectivity index (χ4n) is 2.41. The average Bonchev–Trinajstić information content (AvgIpc) is 3.15. The van der Waals surface area contributed by atoms with Crippen molar-refractivity contribution in [3.05, 3.63) is 57.5 Å². The van der Waals surface area contributed by atoms with Crippen molar-refractivity contribution in [3.63, 3.8) is 0 Å². The number of carbonyl (C=O) groups is 1. The molecule has 26 heavy (non-hydrogen) atoms. The summed E-state index contributed by atoms with van der Waals surface area (Å²) in [6.45, 7) is 3.49. The second-order valence-corrected chi connectivity index (χ2v) is 6.98. The zero-order valence-electron chi connectivity index (χ0n) is 15.4. The number of benzene rings is 1. The molecule has 0 radical (unpaired) electrons. The first-order chi connectivity index (χ1) is 12.5.